The van der Waals surface area contributed by atoms with Gasteiger partial charge < -0.3 is 15.9 Å². The molecule has 0 heterocycles. The van der Waals surface area contributed by atoms with Gasteiger partial charge >= 0.3 is 18.1 Å². The molecule has 0 aromatic carbocycles. The van der Waals surface area contributed by atoms with Crippen LogP contribution in [-0.4, -0.2) is 34.4 Å². The van der Waals surface area contributed by atoms with Crippen molar-refractivity contribution in [2.24, 2.45) is 23.5 Å². The second kappa shape index (κ2) is 3.37. The van der Waals surface area contributed by atoms with Gasteiger partial charge in [-0.05, 0) is 0 Å². The number of nitrogens with two attached hydrogens (primary N) is 1. The van der Waals surface area contributed by atoms with Crippen LogP contribution in [0.3, 0.4) is 0 Å². The molecule has 1 aliphatic carbocycles. The standard InChI is InChI=1S/C7H8F3NO4/c8-7(9,10)3-1(2(3)5(12)13)4(11)6(14)15/h1-4H,11H2,(H,12,13)(H,14,15)/t1-,2-,3-,4-/m0/s1. The maximum Gasteiger partial charge on any atom is 0.393 e. The van der Waals surface area contributed by atoms with Crippen molar-refractivity contribution < 1.29 is 33.0 Å². The molecule has 0 aliphatic heterocycles. The minimum absolute atomic E-state index is 1.57. The lowest BCUT2D eigenvalue weighted by Crippen LogP contribution is -2.35. The first-order chi connectivity index (χ1) is 6.68. The Labute approximate surface area is 81.7 Å². The lowest BCUT2D eigenvalue weighted by atomic mass is 10.1. The largest absolute Gasteiger partial charge is 0.481 e. The van der Waals surface area contributed by atoms with Crippen LogP contribution in [0.2, 0.25) is 0 Å². The summed E-state index contributed by atoms with van der Waals surface area (Å²) in [6.07, 6.45) is -4.72. The number of hydrogen-bond acceptors (Lipinski definition) is 3. The smallest absolute Gasteiger partial charge is 0.393 e. The van der Waals surface area contributed by atoms with Crippen LogP contribution >= 0.6 is 0 Å². The number of carbonyl (C=O) groups is 2. The molecular formula is C7H8F3NO4. The van der Waals surface area contributed by atoms with Gasteiger partial charge in [-0.25, -0.2) is 0 Å². The highest BCUT2D eigenvalue weighted by molar-refractivity contribution is 5.80. The van der Waals surface area contributed by atoms with Gasteiger partial charge in [0.25, 0.3) is 0 Å². The molecule has 8 heteroatoms. The molecule has 0 bridgehead atoms. The molecule has 86 valence electrons. The van der Waals surface area contributed by atoms with Gasteiger partial charge in [0.2, 0.25) is 0 Å². The van der Waals surface area contributed by atoms with Gasteiger partial charge in [-0.15, -0.1) is 0 Å². The van der Waals surface area contributed by atoms with Crippen molar-refractivity contribution in [1.29, 1.82) is 0 Å². The summed E-state index contributed by atoms with van der Waals surface area (Å²) >= 11 is 0. The van der Waals surface area contributed by atoms with Crippen molar-refractivity contribution in [2.75, 3.05) is 0 Å². The van der Waals surface area contributed by atoms with Crippen molar-refractivity contribution in [3.05, 3.63) is 0 Å². The van der Waals surface area contributed by atoms with Gasteiger partial charge in [-0.3, -0.25) is 9.59 Å². The molecule has 0 aromatic rings. The molecule has 4 atom stereocenters. The van der Waals surface area contributed by atoms with Gasteiger partial charge in [0.05, 0.1) is 11.8 Å². The average molecular weight is 227 g/mol. The molecule has 0 unspecified atom stereocenters. The van der Waals surface area contributed by atoms with Crippen molar-refractivity contribution in [1.82, 2.24) is 0 Å². The fourth-order valence-corrected chi connectivity index (χ4v) is 1.69. The second-order valence-electron chi connectivity index (χ2n) is 3.37. The van der Waals surface area contributed by atoms with E-state index >= 15 is 0 Å². The van der Waals surface area contributed by atoms with E-state index in [0.29, 0.717) is 0 Å². The number of alkyl halides is 3. The third kappa shape index (κ3) is 2.04. The van der Waals surface area contributed by atoms with E-state index in [1.165, 1.54) is 0 Å². The van der Waals surface area contributed by atoms with Crippen LogP contribution in [0, 0.1) is 17.8 Å². The highest BCUT2D eigenvalue weighted by atomic mass is 19.4. The number of carboxylic acids is 2. The Morgan fingerprint density at radius 3 is 1.93 bits per heavy atom. The van der Waals surface area contributed by atoms with Crippen molar-refractivity contribution in [3.63, 3.8) is 0 Å². The number of halogens is 3. The topological polar surface area (TPSA) is 101 Å². The summed E-state index contributed by atoms with van der Waals surface area (Å²) in [5, 5.41) is 16.8. The van der Waals surface area contributed by atoms with E-state index in [0.717, 1.165) is 0 Å². The first kappa shape index (κ1) is 11.8. The van der Waals surface area contributed by atoms with Gasteiger partial charge in [0.1, 0.15) is 6.04 Å². The average Bonchev–Trinajstić information content (AvgIpc) is 2.75. The number of rotatable bonds is 3. The van der Waals surface area contributed by atoms with Gasteiger partial charge in [0, 0.05) is 5.92 Å². The zero-order valence-corrected chi connectivity index (χ0v) is 7.23. The number of aliphatic carboxylic acids is 2. The first-order valence-corrected chi connectivity index (χ1v) is 3.96. The van der Waals surface area contributed by atoms with E-state index in [1.54, 1.807) is 0 Å². The summed E-state index contributed by atoms with van der Waals surface area (Å²) in [6, 6.07) is -1.79. The molecule has 0 saturated heterocycles. The summed E-state index contributed by atoms with van der Waals surface area (Å²) in [4.78, 5) is 20.7. The van der Waals surface area contributed by atoms with Crippen LogP contribution < -0.4 is 5.73 Å². The summed E-state index contributed by atoms with van der Waals surface area (Å²) in [6.45, 7) is 0. The fraction of sp³-hybridized carbons (Fsp3) is 0.714. The monoisotopic (exact) mass is 227 g/mol. The van der Waals surface area contributed by atoms with E-state index in [2.05, 4.69) is 0 Å². The Bertz CT molecular complexity index is 303. The third-order valence-corrected chi connectivity index (χ3v) is 2.44. The molecule has 15 heavy (non-hydrogen) atoms. The number of hydrogen-bond donors (Lipinski definition) is 3. The van der Waals surface area contributed by atoms with Crippen LogP contribution in [-0.2, 0) is 9.59 Å². The van der Waals surface area contributed by atoms with Gasteiger partial charge in [-0.1, -0.05) is 0 Å². The molecule has 0 spiro atoms. The van der Waals surface area contributed by atoms with Crippen molar-refractivity contribution in [2.45, 2.75) is 12.2 Å². The van der Waals surface area contributed by atoms with E-state index in [1.807, 2.05) is 0 Å². The van der Waals surface area contributed by atoms with Gasteiger partial charge in [0.15, 0.2) is 0 Å². The molecule has 1 fully saturated rings. The van der Waals surface area contributed by atoms with E-state index < -0.39 is 41.9 Å². The maximum absolute atomic E-state index is 12.2. The highest BCUT2D eigenvalue weighted by Gasteiger charge is 2.70. The van der Waals surface area contributed by atoms with Crippen LogP contribution in [0.5, 0.6) is 0 Å². The Morgan fingerprint density at radius 2 is 1.73 bits per heavy atom. The van der Waals surface area contributed by atoms with Crippen LogP contribution in [0.15, 0.2) is 0 Å². The molecule has 0 radical (unpaired) electrons. The summed E-state index contributed by atoms with van der Waals surface area (Å²) in [5.41, 5.74) is 4.97. The Balaban J connectivity index is 2.83. The Hall–Kier alpha value is -1.31. The normalized spacial score (nSPS) is 32.1. The predicted molar refractivity (Wildman–Crippen MR) is 39.8 cm³/mol. The third-order valence-electron chi connectivity index (χ3n) is 2.44. The lowest BCUT2D eigenvalue weighted by molar-refractivity contribution is -0.162. The van der Waals surface area contributed by atoms with Gasteiger partial charge in [-0.2, -0.15) is 13.2 Å². The summed E-state index contributed by atoms with van der Waals surface area (Å²) < 4.78 is 36.6. The second-order valence-corrected chi connectivity index (χ2v) is 3.37. The quantitative estimate of drug-likeness (QED) is 0.625. The Kier molecular flexibility index (Phi) is 2.64. The molecule has 1 aliphatic rings. The first-order valence-electron chi connectivity index (χ1n) is 3.96. The van der Waals surface area contributed by atoms with Crippen molar-refractivity contribution >= 4 is 11.9 Å². The SMILES string of the molecule is N[C@H](C(=O)O)[C@H]1[C@H](C(=O)O)[C@H]1C(F)(F)F. The van der Waals surface area contributed by atoms with Crippen LogP contribution in [0.25, 0.3) is 0 Å². The fourth-order valence-electron chi connectivity index (χ4n) is 1.69. The molecule has 0 amide bonds. The van der Waals surface area contributed by atoms with Crippen molar-refractivity contribution in [3.8, 4) is 0 Å². The maximum atomic E-state index is 12.2. The molecule has 0 aromatic heterocycles. The summed E-state index contributed by atoms with van der Waals surface area (Å²) in [7, 11) is 0. The van der Waals surface area contributed by atoms with E-state index in [4.69, 9.17) is 15.9 Å². The predicted octanol–water partition coefficient (Wildman–Crippen LogP) is -0.0926. The molecule has 4 N–H and O–H groups in total. The number of carboxylic acid groups (broad SMARTS) is 2. The molecule has 1 rings (SSSR count). The highest BCUT2D eigenvalue weighted by Crippen LogP contribution is 2.56. The minimum atomic E-state index is -4.72. The van der Waals surface area contributed by atoms with E-state index in [9.17, 15) is 22.8 Å². The van der Waals surface area contributed by atoms with Crippen LogP contribution in [0.4, 0.5) is 13.2 Å². The zero-order valence-electron chi connectivity index (χ0n) is 7.23. The molecule has 5 nitrogen and oxygen atoms in total. The molecule has 1 saturated carbocycles. The summed E-state index contributed by atoms with van der Waals surface area (Å²) in [5.74, 6) is -8.76. The lowest BCUT2D eigenvalue weighted by Gasteiger charge is -2.07. The molecular weight excluding hydrogens is 219 g/mol. The van der Waals surface area contributed by atoms with Crippen LogP contribution in [0.1, 0.15) is 0 Å². The zero-order chi connectivity index (χ0) is 12.0. The Morgan fingerprint density at radius 1 is 1.27 bits per heavy atom. The minimum Gasteiger partial charge on any atom is -0.481 e. The van der Waals surface area contributed by atoms with E-state index in [-0.39, 0.29) is 0 Å².